The molecule has 0 radical (unpaired) electrons. The molecular weight excluding hydrogens is 352 g/mol. The molecule has 1 aromatic carbocycles. The van der Waals surface area contributed by atoms with Crippen LogP contribution in [0.2, 0.25) is 0 Å². The molecule has 2 amide bonds. The van der Waals surface area contributed by atoms with Gasteiger partial charge in [0.25, 0.3) is 0 Å². The van der Waals surface area contributed by atoms with Crippen LogP contribution in [-0.2, 0) is 16.0 Å². The van der Waals surface area contributed by atoms with Gasteiger partial charge in [-0.05, 0) is 57.3 Å². The number of benzene rings is 1. The monoisotopic (exact) mass is 386 g/mol. The Morgan fingerprint density at radius 2 is 1.82 bits per heavy atom. The number of nitrogens with zero attached hydrogens (tertiary/aromatic N) is 2. The average Bonchev–Trinajstić information content (AvgIpc) is 2.77. The fourth-order valence-corrected chi connectivity index (χ4v) is 4.39. The van der Waals surface area contributed by atoms with Gasteiger partial charge in [-0.3, -0.25) is 14.5 Å². The van der Waals surface area contributed by atoms with Crippen LogP contribution < -0.4 is 10.6 Å². The maximum absolute atomic E-state index is 12.4. The molecule has 3 rings (SSSR count). The first kappa shape index (κ1) is 20.8. The van der Waals surface area contributed by atoms with E-state index in [4.69, 9.17) is 0 Å². The molecule has 2 heterocycles. The van der Waals surface area contributed by atoms with Crippen LogP contribution in [0.4, 0.5) is 0 Å². The van der Waals surface area contributed by atoms with Crippen molar-refractivity contribution in [3.8, 4) is 0 Å². The maximum Gasteiger partial charge on any atom is 0.239 e. The molecule has 0 aliphatic carbocycles. The zero-order chi connectivity index (χ0) is 19.8. The minimum absolute atomic E-state index is 0.00881. The lowest BCUT2D eigenvalue weighted by Crippen LogP contribution is -2.51. The van der Waals surface area contributed by atoms with Crippen LogP contribution in [0.15, 0.2) is 30.3 Å². The molecule has 0 spiro atoms. The van der Waals surface area contributed by atoms with Crippen molar-refractivity contribution in [3.05, 3.63) is 35.9 Å². The molecule has 0 saturated carbocycles. The van der Waals surface area contributed by atoms with E-state index in [-0.39, 0.29) is 24.3 Å². The van der Waals surface area contributed by atoms with Crippen molar-refractivity contribution in [2.75, 3.05) is 46.3 Å². The van der Waals surface area contributed by atoms with E-state index in [1.54, 1.807) is 7.05 Å². The van der Waals surface area contributed by atoms with Crippen molar-refractivity contribution in [2.45, 2.75) is 38.1 Å². The molecule has 1 aromatic rings. The highest BCUT2D eigenvalue weighted by Gasteiger charge is 2.31. The number of amides is 2. The Labute approximate surface area is 168 Å². The van der Waals surface area contributed by atoms with E-state index in [2.05, 4.69) is 50.8 Å². The number of hydrogen-bond acceptors (Lipinski definition) is 4. The standard InChI is InChI=1S/C22H34N4O2/c1-23-21(27)16-24-22(28)19-8-5-12-26(17-19)20-10-14-25(15-11-20)13-9-18-6-3-2-4-7-18/h2-4,6-7,19-20H,5,8-17H2,1H3,(H,23,27)(H,24,28). The van der Waals surface area contributed by atoms with Crippen LogP contribution in [0.25, 0.3) is 0 Å². The van der Waals surface area contributed by atoms with Gasteiger partial charge >= 0.3 is 0 Å². The van der Waals surface area contributed by atoms with Gasteiger partial charge in [-0.2, -0.15) is 0 Å². The number of likely N-dealkylation sites (tertiary alicyclic amines) is 2. The number of rotatable bonds is 7. The predicted molar refractivity (Wildman–Crippen MR) is 111 cm³/mol. The topological polar surface area (TPSA) is 64.7 Å². The SMILES string of the molecule is CNC(=O)CNC(=O)C1CCCN(C2CCN(CCc3ccccc3)CC2)C1. The highest BCUT2D eigenvalue weighted by molar-refractivity contribution is 5.85. The third-order valence-corrected chi connectivity index (χ3v) is 6.16. The summed E-state index contributed by atoms with van der Waals surface area (Å²) < 4.78 is 0. The van der Waals surface area contributed by atoms with E-state index in [1.807, 2.05) is 0 Å². The molecule has 0 bridgehead atoms. The number of piperidine rings is 2. The summed E-state index contributed by atoms with van der Waals surface area (Å²) in [7, 11) is 1.59. The number of carbonyl (C=O) groups is 2. The van der Waals surface area contributed by atoms with Gasteiger partial charge in [-0.1, -0.05) is 30.3 Å². The fraction of sp³-hybridized carbons (Fsp3) is 0.636. The van der Waals surface area contributed by atoms with E-state index in [1.165, 1.54) is 18.4 Å². The van der Waals surface area contributed by atoms with E-state index in [0.29, 0.717) is 6.04 Å². The second-order valence-electron chi connectivity index (χ2n) is 8.03. The van der Waals surface area contributed by atoms with Crippen LogP contribution in [0, 0.1) is 5.92 Å². The van der Waals surface area contributed by atoms with Crippen LogP contribution in [-0.4, -0.2) is 74.0 Å². The van der Waals surface area contributed by atoms with E-state index >= 15 is 0 Å². The van der Waals surface area contributed by atoms with Crippen molar-refractivity contribution in [3.63, 3.8) is 0 Å². The van der Waals surface area contributed by atoms with Gasteiger partial charge in [0, 0.05) is 26.2 Å². The zero-order valence-electron chi connectivity index (χ0n) is 17.0. The Bertz CT molecular complexity index is 629. The quantitative estimate of drug-likeness (QED) is 0.741. The lowest BCUT2D eigenvalue weighted by molar-refractivity contribution is -0.130. The molecule has 2 aliphatic rings. The minimum Gasteiger partial charge on any atom is -0.358 e. The number of nitrogens with one attached hydrogen (secondary N) is 2. The molecule has 2 saturated heterocycles. The molecule has 2 aliphatic heterocycles. The van der Waals surface area contributed by atoms with Gasteiger partial charge in [-0.15, -0.1) is 0 Å². The van der Waals surface area contributed by atoms with Crippen LogP contribution in [0.5, 0.6) is 0 Å². The summed E-state index contributed by atoms with van der Waals surface area (Å²) in [5.74, 6) is -0.119. The molecule has 1 unspecified atom stereocenters. The Morgan fingerprint density at radius 1 is 1.07 bits per heavy atom. The van der Waals surface area contributed by atoms with Gasteiger partial charge in [0.05, 0.1) is 12.5 Å². The van der Waals surface area contributed by atoms with Crippen LogP contribution in [0.3, 0.4) is 0 Å². The largest absolute Gasteiger partial charge is 0.358 e. The molecule has 2 N–H and O–H groups in total. The normalized spacial score (nSPS) is 22.0. The number of carbonyl (C=O) groups excluding carboxylic acids is 2. The smallest absolute Gasteiger partial charge is 0.239 e. The fourth-order valence-electron chi connectivity index (χ4n) is 4.39. The van der Waals surface area contributed by atoms with Gasteiger partial charge in [0.1, 0.15) is 0 Å². The summed E-state index contributed by atoms with van der Waals surface area (Å²) in [5.41, 5.74) is 1.41. The van der Waals surface area contributed by atoms with Crippen LogP contribution >= 0.6 is 0 Å². The van der Waals surface area contributed by atoms with Crippen molar-refractivity contribution < 1.29 is 9.59 Å². The molecular formula is C22H34N4O2. The Hall–Kier alpha value is -1.92. The lowest BCUT2D eigenvalue weighted by atomic mass is 9.93. The summed E-state index contributed by atoms with van der Waals surface area (Å²) in [6, 6.07) is 11.3. The van der Waals surface area contributed by atoms with Crippen molar-refractivity contribution in [1.82, 2.24) is 20.4 Å². The minimum atomic E-state index is -0.149. The summed E-state index contributed by atoms with van der Waals surface area (Å²) in [4.78, 5) is 28.8. The van der Waals surface area contributed by atoms with Gasteiger partial charge in [0.15, 0.2) is 0 Å². The Morgan fingerprint density at radius 3 is 2.54 bits per heavy atom. The Kier molecular flexibility index (Phi) is 7.86. The molecule has 2 fully saturated rings. The molecule has 6 nitrogen and oxygen atoms in total. The number of hydrogen-bond donors (Lipinski definition) is 2. The predicted octanol–water partition coefficient (Wildman–Crippen LogP) is 1.27. The van der Waals surface area contributed by atoms with Gasteiger partial charge in [0.2, 0.25) is 11.8 Å². The van der Waals surface area contributed by atoms with Crippen molar-refractivity contribution in [1.29, 1.82) is 0 Å². The highest BCUT2D eigenvalue weighted by Crippen LogP contribution is 2.24. The second kappa shape index (κ2) is 10.6. The van der Waals surface area contributed by atoms with E-state index in [9.17, 15) is 9.59 Å². The van der Waals surface area contributed by atoms with Crippen molar-refractivity contribution in [2.24, 2.45) is 5.92 Å². The summed E-state index contributed by atoms with van der Waals surface area (Å²) in [5, 5.41) is 5.32. The first-order valence-electron chi connectivity index (χ1n) is 10.6. The zero-order valence-corrected chi connectivity index (χ0v) is 17.0. The van der Waals surface area contributed by atoms with Crippen LogP contribution in [0.1, 0.15) is 31.2 Å². The third kappa shape index (κ3) is 6.04. The molecule has 6 heteroatoms. The summed E-state index contributed by atoms with van der Waals surface area (Å²) >= 11 is 0. The first-order chi connectivity index (χ1) is 13.7. The summed E-state index contributed by atoms with van der Waals surface area (Å²) in [6.45, 7) is 5.40. The van der Waals surface area contributed by atoms with Gasteiger partial charge in [-0.25, -0.2) is 0 Å². The molecule has 154 valence electrons. The first-order valence-corrected chi connectivity index (χ1v) is 10.6. The summed E-state index contributed by atoms with van der Waals surface area (Å²) in [6.07, 6.45) is 5.46. The van der Waals surface area contributed by atoms with Crippen molar-refractivity contribution >= 4 is 11.8 Å². The van der Waals surface area contributed by atoms with E-state index in [0.717, 1.165) is 52.0 Å². The lowest BCUT2D eigenvalue weighted by Gasteiger charge is -2.42. The number of likely N-dealkylation sites (N-methyl/N-ethyl adjacent to an activating group) is 1. The maximum atomic E-state index is 12.4. The second-order valence-corrected chi connectivity index (χ2v) is 8.03. The molecule has 1 atom stereocenters. The Balaban J connectivity index is 1.40. The van der Waals surface area contributed by atoms with E-state index < -0.39 is 0 Å². The third-order valence-electron chi connectivity index (χ3n) is 6.16. The molecule has 28 heavy (non-hydrogen) atoms. The van der Waals surface area contributed by atoms with Gasteiger partial charge < -0.3 is 15.5 Å². The molecule has 0 aromatic heterocycles. The highest BCUT2D eigenvalue weighted by atomic mass is 16.2. The average molecular weight is 387 g/mol.